The van der Waals surface area contributed by atoms with Crippen LogP contribution in [0.2, 0.25) is 0 Å². The number of carbonyl (C=O) groups excluding carboxylic acids is 2. The average molecular weight is 247 g/mol. The minimum absolute atomic E-state index is 0.0879. The standard InChI is InChI=1S/C15H21NO2/c1-4-16(14-8-6-5-7-9-14)15(18)12(2)10-11-13(3)17/h5-9,12H,4,10-11H2,1-3H3. The van der Waals surface area contributed by atoms with Crippen LogP contribution in [0.3, 0.4) is 0 Å². The second-order valence-electron chi connectivity index (χ2n) is 4.56. The van der Waals surface area contributed by atoms with Gasteiger partial charge in [-0.1, -0.05) is 25.1 Å². The Morgan fingerprint density at radius 2 is 1.83 bits per heavy atom. The summed E-state index contributed by atoms with van der Waals surface area (Å²) in [4.78, 5) is 25.0. The Bertz CT molecular complexity index is 400. The lowest BCUT2D eigenvalue weighted by Gasteiger charge is -2.24. The molecule has 1 rings (SSSR count). The third-order valence-corrected chi connectivity index (χ3v) is 3.00. The Kier molecular flexibility index (Phi) is 5.56. The van der Waals surface area contributed by atoms with Gasteiger partial charge in [0.15, 0.2) is 0 Å². The molecule has 1 aromatic rings. The van der Waals surface area contributed by atoms with Gasteiger partial charge in [0.2, 0.25) is 5.91 Å². The summed E-state index contributed by atoms with van der Waals surface area (Å²) in [5.74, 6) is 0.108. The number of nitrogens with zero attached hydrogens (tertiary/aromatic N) is 1. The SMILES string of the molecule is CCN(C(=O)C(C)CCC(C)=O)c1ccccc1. The topological polar surface area (TPSA) is 37.4 Å². The molecule has 0 aliphatic rings. The van der Waals surface area contributed by atoms with E-state index in [9.17, 15) is 9.59 Å². The Labute approximate surface area is 109 Å². The van der Waals surface area contributed by atoms with E-state index in [1.165, 1.54) is 0 Å². The molecule has 0 saturated carbocycles. The smallest absolute Gasteiger partial charge is 0.229 e. The minimum Gasteiger partial charge on any atom is -0.312 e. The summed E-state index contributed by atoms with van der Waals surface area (Å²) in [5, 5.41) is 0. The van der Waals surface area contributed by atoms with Crippen molar-refractivity contribution >= 4 is 17.4 Å². The summed E-state index contributed by atoms with van der Waals surface area (Å²) in [6.07, 6.45) is 1.09. The average Bonchev–Trinajstić information content (AvgIpc) is 2.38. The molecule has 98 valence electrons. The summed E-state index contributed by atoms with van der Waals surface area (Å²) in [5.41, 5.74) is 0.916. The first-order valence-electron chi connectivity index (χ1n) is 6.42. The first kappa shape index (κ1) is 14.4. The second-order valence-corrected chi connectivity index (χ2v) is 4.56. The molecule has 0 heterocycles. The molecular formula is C15H21NO2. The molecule has 0 saturated heterocycles. The van der Waals surface area contributed by atoms with E-state index in [4.69, 9.17) is 0 Å². The summed E-state index contributed by atoms with van der Waals surface area (Å²) < 4.78 is 0. The number of hydrogen-bond donors (Lipinski definition) is 0. The minimum atomic E-state index is -0.117. The van der Waals surface area contributed by atoms with E-state index >= 15 is 0 Å². The molecule has 18 heavy (non-hydrogen) atoms. The van der Waals surface area contributed by atoms with Gasteiger partial charge in [-0.15, -0.1) is 0 Å². The monoisotopic (exact) mass is 247 g/mol. The molecule has 0 aromatic heterocycles. The van der Waals surface area contributed by atoms with Crippen molar-refractivity contribution in [2.75, 3.05) is 11.4 Å². The van der Waals surface area contributed by atoms with E-state index in [1.54, 1.807) is 11.8 Å². The number of benzene rings is 1. The van der Waals surface area contributed by atoms with Crippen molar-refractivity contribution < 1.29 is 9.59 Å². The van der Waals surface area contributed by atoms with Crippen molar-refractivity contribution in [3.05, 3.63) is 30.3 Å². The zero-order chi connectivity index (χ0) is 13.5. The number of para-hydroxylation sites is 1. The van der Waals surface area contributed by atoms with Crippen LogP contribution in [0.5, 0.6) is 0 Å². The highest BCUT2D eigenvalue weighted by molar-refractivity contribution is 5.95. The molecule has 0 aliphatic carbocycles. The van der Waals surface area contributed by atoms with Crippen LogP contribution in [-0.2, 0) is 9.59 Å². The first-order valence-corrected chi connectivity index (χ1v) is 6.42. The molecule has 0 bridgehead atoms. The van der Waals surface area contributed by atoms with Gasteiger partial charge in [-0.25, -0.2) is 0 Å². The summed E-state index contributed by atoms with van der Waals surface area (Å²) in [6, 6.07) is 9.64. The van der Waals surface area contributed by atoms with Gasteiger partial charge in [0.1, 0.15) is 5.78 Å². The van der Waals surface area contributed by atoms with Crippen LogP contribution in [0, 0.1) is 5.92 Å². The zero-order valence-corrected chi connectivity index (χ0v) is 11.3. The molecular weight excluding hydrogens is 226 g/mol. The molecule has 3 nitrogen and oxygen atoms in total. The Hall–Kier alpha value is -1.64. The third-order valence-electron chi connectivity index (χ3n) is 3.00. The molecule has 3 heteroatoms. The fourth-order valence-electron chi connectivity index (χ4n) is 1.88. The van der Waals surface area contributed by atoms with Crippen LogP contribution in [-0.4, -0.2) is 18.2 Å². The van der Waals surface area contributed by atoms with E-state index in [0.717, 1.165) is 5.69 Å². The Balaban J connectivity index is 2.71. The van der Waals surface area contributed by atoms with Gasteiger partial charge in [0, 0.05) is 24.6 Å². The van der Waals surface area contributed by atoms with Crippen LogP contribution >= 0.6 is 0 Å². The van der Waals surface area contributed by atoms with E-state index in [1.807, 2.05) is 44.2 Å². The normalized spacial score (nSPS) is 11.9. The predicted molar refractivity (Wildman–Crippen MR) is 73.5 cm³/mol. The highest BCUT2D eigenvalue weighted by Gasteiger charge is 2.20. The van der Waals surface area contributed by atoms with Crippen molar-refractivity contribution in [3.8, 4) is 0 Å². The van der Waals surface area contributed by atoms with Crippen molar-refractivity contribution in [2.45, 2.75) is 33.6 Å². The number of rotatable bonds is 6. The lowest BCUT2D eigenvalue weighted by atomic mass is 10.0. The van der Waals surface area contributed by atoms with Crippen molar-refractivity contribution in [3.63, 3.8) is 0 Å². The van der Waals surface area contributed by atoms with Crippen LogP contribution in [0.25, 0.3) is 0 Å². The molecule has 1 unspecified atom stereocenters. The zero-order valence-electron chi connectivity index (χ0n) is 11.3. The molecule has 0 N–H and O–H groups in total. The molecule has 0 aliphatic heterocycles. The van der Waals surface area contributed by atoms with Crippen LogP contribution < -0.4 is 4.90 Å². The molecule has 1 atom stereocenters. The fourth-order valence-corrected chi connectivity index (χ4v) is 1.88. The van der Waals surface area contributed by atoms with E-state index in [-0.39, 0.29) is 17.6 Å². The maximum absolute atomic E-state index is 12.3. The van der Waals surface area contributed by atoms with Crippen molar-refractivity contribution in [1.29, 1.82) is 0 Å². The Morgan fingerprint density at radius 3 is 2.33 bits per heavy atom. The van der Waals surface area contributed by atoms with Gasteiger partial charge >= 0.3 is 0 Å². The second kappa shape index (κ2) is 6.94. The summed E-state index contributed by atoms with van der Waals surface area (Å²) >= 11 is 0. The van der Waals surface area contributed by atoms with E-state index < -0.39 is 0 Å². The maximum Gasteiger partial charge on any atom is 0.229 e. The maximum atomic E-state index is 12.3. The summed E-state index contributed by atoms with van der Waals surface area (Å²) in [6.45, 7) is 6.05. The lowest BCUT2D eigenvalue weighted by Crippen LogP contribution is -2.35. The number of amides is 1. The number of carbonyl (C=O) groups is 2. The molecule has 1 amide bonds. The predicted octanol–water partition coefficient (Wildman–Crippen LogP) is 3.04. The largest absolute Gasteiger partial charge is 0.312 e. The van der Waals surface area contributed by atoms with Gasteiger partial charge in [0.05, 0.1) is 0 Å². The van der Waals surface area contributed by atoms with Crippen molar-refractivity contribution in [2.24, 2.45) is 5.92 Å². The quantitative estimate of drug-likeness (QED) is 0.774. The summed E-state index contributed by atoms with van der Waals surface area (Å²) in [7, 11) is 0. The van der Waals surface area contributed by atoms with E-state index in [0.29, 0.717) is 19.4 Å². The molecule has 0 radical (unpaired) electrons. The van der Waals surface area contributed by atoms with Crippen LogP contribution in [0.15, 0.2) is 30.3 Å². The fraction of sp³-hybridized carbons (Fsp3) is 0.467. The van der Waals surface area contributed by atoms with Crippen LogP contribution in [0.4, 0.5) is 5.69 Å². The van der Waals surface area contributed by atoms with Gasteiger partial charge in [-0.3, -0.25) is 4.79 Å². The number of hydrogen-bond acceptors (Lipinski definition) is 2. The highest BCUT2D eigenvalue weighted by Crippen LogP contribution is 2.18. The van der Waals surface area contributed by atoms with Gasteiger partial charge in [-0.05, 0) is 32.4 Å². The molecule has 0 spiro atoms. The number of Topliss-reactive ketones (excluding diaryl/α,β-unsaturated/α-hetero) is 1. The molecule has 0 fully saturated rings. The van der Waals surface area contributed by atoms with Crippen LogP contribution in [0.1, 0.15) is 33.6 Å². The number of ketones is 1. The first-order chi connectivity index (χ1) is 8.56. The van der Waals surface area contributed by atoms with Gasteiger partial charge < -0.3 is 9.69 Å². The highest BCUT2D eigenvalue weighted by atomic mass is 16.2. The molecule has 1 aromatic carbocycles. The Morgan fingerprint density at radius 1 is 1.22 bits per heavy atom. The van der Waals surface area contributed by atoms with Crippen molar-refractivity contribution in [1.82, 2.24) is 0 Å². The van der Waals surface area contributed by atoms with Gasteiger partial charge in [-0.2, -0.15) is 0 Å². The third kappa shape index (κ3) is 3.99. The lowest BCUT2D eigenvalue weighted by molar-refractivity contribution is -0.122. The number of anilines is 1. The van der Waals surface area contributed by atoms with Gasteiger partial charge in [0.25, 0.3) is 0 Å². The van der Waals surface area contributed by atoms with E-state index in [2.05, 4.69) is 0 Å².